The fourth-order valence-corrected chi connectivity index (χ4v) is 4.78. The van der Waals surface area contributed by atoms with Crippen LogP contribution in [0.25, 0.3) is 16.7 Å². The summed E-state index contributed by atoms with van der Waals surface area (Å²) in [6.07, 6.45) is 4.72. The average molecular weight is 402 g/mol. The third kappa shape index (κ3) is 3.94. The number of fused-ring (bicyclic) bond motifs is 3. The molecule has 3 aromatic rings. The predicted octanol–water partition coefficient (Wildman–Crippen LogP) is 2.66. The second-order valence-electron chi connectivity index (χ2n) is 7.19. The van der Waals surface area contributed by atoms with Gasteiger partial charge in [-0.15, -0.1) is 10.2 Å². The number of thioether (sulfide) groups is 1. The van der Waals surface area contributed by atoms with Gasteiger partial charge in [0.15, 0.2) is 5.16 Å². The van der Waals surface area contributed by atoms with Crippen LogP contribution in [0.3, 0.4) is 0 Å². The third-order valence-electron chi connectivity index (χ3n) is 5.30. The number of nitrogens with zero attached hydrogens (tertiary/aromatic N) is 5. The van der Waals surface area contributed by atoms with Gasteiger partial charge in [0.25, 0.3) is 5.56 Å². The van der Waals surface area contributed by atoms with Gasteiger partial charge < -0.3 is 9.64 Å². The molecule has 0 radical (unpaired) electrons. The minimum atomic E-state index is -0.0172. The van der Waals surface area contributed by atoms with Gasteiger partial charge in [0.05, 0.1) is 10.9 Å². The molecule has 0 bridgehead atoms. The van der Waals surface area contributed by atoms with Crippen molar-refractivity contribution in [2.24, 2.45) is 0 Å². The molecular weight excluding hydrogens is 374 g/mol. The first kappa shape index (κ1) is 19.4. The van der Waals surface area contributed by atoms with Crippen molar-refractivity contribution in [3.05, 3.63) is 34.6 Å². The molecule has 1 aliphatic rings. The maximum absolute atomic E-state index is 13.0. The van der Waals surface area contributed by atoms with E-state index < -0.39 is 0 Å². The van der Waals surface area contributed by atoms with Crippen LogP contribution < -0.4 is 5.56 Å². The van der Waals surface area contributed by atoms with Crippen molar-refractivity contribution in [1.29, 1.82) is 0 Å². The van der Waals surface area contributed by atoms with E-state index in [0.717, 1.165) is 29.4 Å². The minimum Gasteiger partial charge on any atom is -0.385 e. The standard InChI is InChI=1S/C20H27N5O2S/c1-27-14-7-12-24-18(26)16-8-3-4-9-17(16)25-19(24)21-22-20(25)28-15-13-23-10-5-2-6-11-23/h3-4,8-9H,2,5-7,10-15H2,1H3. The normalized spacial score (nSPS) is 15.6. The van der Waals surface area contributed by atoms with Gasteiger partial charge in [-0.3, -0.25) is 13.8 Å². The summed E-state index contributed by atoms with van der Waals surface area (Å²) in [5.74, 6) is 1.58. The molecule has 8 heteroatoms. The van der Waals surface area contributed by atoms with Crippen LogP contribution >= 0.6 is 11.8 Å². The molecule has 0 spiro atoms. The van der Waals surface area contributed by atoms with Crippen molar-refractivity contribution >= 4 is 28.4 Å². The van der Waals surface area contributed by atoms with Crippen molar-refractivity contribution in [1.82, 2.24) is 24.1 Å². The fourth-order valence-electron chi connectivity index (χ4n) is 3.84. The highest BCUT2D eigenvalue weighted by Gasteiger charge is 2.17. The van der Waals surface area contributed by atoms with Crippen molar-refractivity contribution in [2.75, 3.05) is 39.1 Å². The molecule has 0 aliphatic carbocycles. The van der Waals surface area contributed by atoms with Gasteiger partial charge in [0.2, 0.25) is 5.78 Å². The number of ether oxygens (including phenoxy) is 1. The highest BCUT2D eigenvalue weighted by atomic mass is 32.2. The van der Waals surface area contributed by atoms with Crippen LogP contribution in [0.1, 0.15) is 25.7 Å². The Hall–Kier alpha value is -1.90. The number of rotatable bonds is 8. The number of hydrogen-bond donors (Lipinski definition) is 0. The van der Waals surface area contributed by atoms with Gasteiger partial charge in [0, 0.05) is 32.6 Å². The summed E-state index contributed by atoms with van der Waals surface area (Å²) in [4.78, 5) is 15.5. The average Bonchev–Trinajstić information content (AvgIpc) is 3.15. The highest BCUT2D eigenvalue weighted by molar-refractivity contribution is 7.99. The minimum absolute atomic E-state index is 0.0172. The lowest BCUT2D eigenvalue weighted by molar-refractivity contribution is 0.190. The molecule has 28 heavy (non-hydrogen) atoms. The van der Waals surface area contributed by atoms with Gasteiger partial charge in [-0.1, -0.05) is 30.3 Å². The molecule has 1 aliphatic heterocycles. The lowest BCUT2D eigenvalue weighted by Gasteiger charge is -2.25. The largest absolute Gasteiger partial charge is 0.385 e. The summed E-state index contributed by atoms with van der Waals surface area (Å²) in [5.41, 5.74) is 0.854. The highest BCUT2D eigenvalue weighted by Crippen LogP contribution is 2.22. The van der Waals surface area contributed by atoms with Crippen LogP contribution in [0, 0.1) is 0 Å². The number of benzene rings is 1. The third-order valence-corrected chi connectivity index (χ3v) is 6.20. The van der Waals surface area contributed by atoms with Crippen LogP contribution in [0.4, 0.5) is 0 Å². The molecule has 0 amide bonds. The molecule has 3 heterocycles. The zero-order valence-electron chi connectivity index (χ0n) is 16.3. The van der Waals surface area contributed by atoms with E-state index in [1.165, 1.54) is 32.4 Å². The van der Waals surface area contributed by atoms with E-state index in [2.05, 4.69) is 15.1 Å². The Balaban J connectivity index is 1.65. The van der Waals surface area contributed by atoms with Crippen LogP contribution in [-0.4, -0.2) is 63.2 Å². The topological polar surface area (TPSA) is 64.7 Å². The molecule has 4 rings (SSSR count). The van der Waals surface area contributed by atoms with Gasteiger partial charge >= 0.3 is 0 Å². The van der Waals surface area contributed by atoms with Gasteiger partial charge in [0.1, 0.15) is 0 Å². The summed E-state index contributed by atoms with van der Waals surface area (Å²) in [7, 11) is 1.67. The van der Waals surface area contributed by atoms with Crippen LogP contribution in [-0.2, 0) is 11.3 Å². The number of aromatic nitrogens is 4. The van der Waals surface area contributed by atoms with E-state index >= 15 is 0 Å². The fraction of sp³-hybridized carbons (Fsp3) is 0.550. The summed E-state index contributed by atoms with van der Waals surface area (Å²) in [6.45, 7) is 4.63. The molecule has 7 nitrogen and oxygen atoms in total. The Morgan fingerprint density at radius 1 is 1.11 bits per heavy atom. The van der Waals surface area contributed by atoms with E-state index in [1.54, 1.807) is 23.4 Å². The van der Waals surface area contributed by atoms with E-state index in [9.17, 15) is 4.79 Å². The van der Waals surface area contributed by atoms with Crippen molar-refractivity contribution in [3.8, 4) is 0 Å². The second kappa shape index (κ2) is 9.07. The van der Waals surface area contributed by atoms with Crippen molar-refractivity contribution < 1.29 is 4.74 Å². The first-order valence-corrected chi connectivity index (χ1v) is 11.0. The molecule has 0 saturated carbocycles. The Morgan fingerprint density at radius 3 is 2.75 bits per heavy atom. The van der Waals surface area contributed by atoms with Gasteiger partial charge in [-0.25, -0.2) is 0 Å². The Morgan fingerprint density at radius 2 is 1.93 bits per heavy atom. The summed E-state index contributed by atoms with van der Waals surface area (Å²) >= 11 is 1.72. The number of para-hydroxylation sites is 1. The summed E-state index contributed by atoms with van der Waals surface area (Å²) < 4.78 is 8.91. The molecule has 2 aromatic heterocycles. The summed E-state index contributed by atoms with van der Waals surface area (Å²) in [5, 5.41) is 10.3. The van der Waals surface area contributed by atoms with E-state index in [0.29, 0.717) is 24.3 Å². The van der Waals surface area contributed by atoms with E-state index in [-0.39, 0.29) is 5.56 Å². The lowest BCUT2D eigenvalue weighted by Crippen LogP contribution is -2.31. The zero-order valence-corrected chi connectivity index (χ0v) is 17.2. The molecule has 150 valence electrons. The Labute approximate surface area is 168 Å². The molecule has 0 atom stereocenters. The molecule has 0 unspecified atom stereocenters. The van der Waals surface area contributed by atoms with E-state index in [1.807, 2.05) is 28.7 Å². The monoisotopic (exact) mass is 401 g/mol. The van der Waals surface area contributed by atoms with Crippen LogP contribution in [0.15, 0.2) is 34.2 Å². The Kier molecular flexibility index (Phi) is 6.29. The van der Waals surface area contributed by atoms with Gasteiger partial charge in [-0.2, -0.15) is 0 Å². The maximum Gasteiger partial charge on any atom is 0.262 e. The van der Waals surface area contributed by atoms with Crippen molar-refractivity contribution in [3.63, 3.8) is 0 Å². The number of piperidine rings is 1. The summed E-state index contributed by atoms with van der Waals surface area (Å²) in [6, 6.07) is 7.72. The quantitative estimate of drug-likeness (QED) is 0.427. The lowest BCUT2D eigenvalue weighted by atomic mass is 10.1. The molecule has 1 aromatic carbocycles. The zero-order chi connectivity index (χ0) is 19.3. The molecular formula is C20H27N5O2S. The van der Waals surface area contributed by atoms with Gasteiger partial charge in [-0.05, 0) is 44.5 Å². The first-order chi connectivity index (χ1) is 13.8. The predicted molar refractivity (Wildman–Crippen MR) is 112 cm³/mol. The first-order valence-electron chi connectivity index (χ1n) is 10.0. The Bertz CT molecular complexity index is 993. The number of likely N-dealkylation sites (tertiary alicyclic amines) is 1. The molecule has 0 N–H and O–H groups in total. The van der Waals surface area contributed by atoms with Crippen LogP contribution in [0.2, 0.25) is 0 Å². The van der Waals surface area contributed by atoms with Crippen LogP contribution in [0.5, 0.6) is 0 Å². The maximum atomic E-state index is 13.0. The second-order valence-corrected chi connectivity index (χ2v) is 8.25. The molecule has 1 saturated heterocycles. The van der Waals surface area contributed by atoms with Crippen molar-refractivity contribution in [2.45, 2.75) is 37.4 Å². The molecule has 1 fully saturated rings. The number of hydrogen-bond acceptors (Lipinski definition) is 6. The van der Waals surface area contributed by atoms with E-state index in [4.69, 9.17) is 4.74 Å². The number of aryl methyl sites for hydroxylation is 1. The smallest absolute Gasteiger partial charge is 0.262 e. The number of methoxy groups -OCH3 is 1. The SMILES string of the molecule is COCCCn1c(=O)c2ccccc2n2c(SCCN3CCCCC3)nnc12.